The van der Waals surface area contributed by atoms with E-state index in [0.717, 1.165) is 44.3 Å². The van der Waals surface area contributed by atoms with Crippen LogP contribution in [0.3, 0.4) is 0 Å². The van der Waals surface area contributed by atoms with Crippen molar-refractivity contribution < 1.29 is 14.6 Å². The highest BCUT2D eigenvalue weighted by molar-refractivity contribution is 5.81. The molecule has 134 valence electrons. The van der Waals surface area contributed by atoms with Crippen molar-refractivity contribution in [1.29, 1.82) is 0 Å². The van der Waals surface area contributed by atoms with Gasteiger partial charge in [0.2, 0.25) is 5.91 Å². The number of aliphatic hydroxyl groups is 1. The van der Waals surface area contributed by atoms with Gasteiger partial charge in [-0.2, -0.15) is 0 Å². The van der Waals surface area contributed by atoms with Crippen molar-refractivity contribution in [2.75, 3.05) is 6.61 Å². The van der Waals surface area contributed by atoms with Crippen LogP contribution in [-0.2, 0) is 16.1 Å². The number of hydrogen-bond acceptors (Lipinski definition) is 5. The first-order valence-electron chi connectivity index (χ1n) is 9.03. The minimum Gasteiger partial charge on any atom is -0.394 e. The van der Waals surface area contributed by atoms with Crippen molar-refractivity contribution in [1.82, 2.24) is 20.3 Å². The van der Waals surface area contributed by atoms with Gasteiger partial charge in [-0.25, -0.2) is 0 Å². The summed E-state index contributed by atoms with van der Waals surface area (Å²) in [5.41, 5.74) is 0.996. The number of nitrogens with one attached hydrogen (secondary N) is 1. The molecule has 0 spiro atoms. The zero-order valence-electron chi connectivity index (χ0n) is 14.5. The van der Waals surface area contributed by atoms with Gasteiger partial charge in [0.05, 0.1) is 24.4 Å². The molecule has 3 rings (SSSR count). The fourth-order valence-corrected chi connectivity index (χ4v) is 3.12. The number of carbonyl (C=O) groups is 1. The first-order valence-corrected chi connectivity index (χ1v) is 9.03. The summed E-state index contributed by atoms with van der Waals surface area (Å²) in [7, 11) is 0. The highest BCUT2D eigenvalue weighted by atomic mass is 16.5. The zero-order chi connectivity index (χ0) is 17.1. The van der Waals surface area contributed by atoms with Gasteiger partial charge in [-0.15, -0.1) is 5.10 Å². The Bertz CT molecular complexity index is 556. The average Bonchev–Trinajstić information content (AvgIpc) is 3.32. The molecule has 3 atom stereocenters. The quantitative estimate of drug-likeness (QED) is 0.782. The third kappa shape index (κ3) is 4.33. The Balaban J connectivity index is 1.46. The third-order valence-electron chi connectivity index (χ3n) is 4.90. The van der Waals surface area contributed by atoms with E-state index in [1.165, 1.54) is 0 Å². The number of aromatic nitrogens is 3. The van der Waals surface area contributed by atoms with Crippen LogP contribution in [0.1, 0.15) is 57.6 Å². The van der Waals surface area contributed by atoms with E-state index < -0.39 is 0 Å². The second-order valence-electron chi connectivity index (χ2n) is 7.30. The van der Waals surface area contributed by atoms with Crippen LogP contribution in [0.15, 0.2) is 6.20 Å². The molecule has 2 N–H and O–H groups in total. The van der Waals surface area contributed by atoms with Crippen LogP contribution in [0.4, 0.5) is 0 Å². The molecule has 2 aliphatic rings. The Morgan fingerprint density at radius 2 is 2.21 bits per heavy atom. The fraction of sp³-hybridized carbons (Fsp3) is 0.824. The summed E-state index contributed by atoms with van der Waals surface area (Å²) in [6, 6.07) is -0.0711. The zero-order valence-corrected chi connectivity index (χ0v) is 14.5. The van der Waals surface area contributed by atoms with Gasteiger partial charge < -0.3 is 15.2 Å². The van der Waals surface area contributed by atoms with Gasteiger partial charge >= 0.3 is 0 Å². The van der Waals surface area contributed by atoms with Crippen LogP contribution in [0.5, 0.6) is 0 Å². The number of nitrogens with zero attached hydrogens (tertiary/aromatic N) is 3. The molecular formula is C17H28N4O3. The summed E-state index contributed by atoms with van der Waals surface area (Å²) in [6.45, 7) is 4.88. The molecule has 1 amide bonds. The molecule has 1 aromatic heterocycles. The lowest BCUT2D eigenvalue weighted by Crippen LogP contribution is -2.51. The number of carbonyl (C=O) groups excluding carboxylic acids is 1. The van der Waals surface area contributed by atoms with Gasteiger partial charge in [0.1, 0.15) is 6.10 Å². The predicted molar refractivity (Wildman–Crippen MR) is 88.4 cm³/mol. The molecule has 0 radical (unpaired) electrons. The van der Waals surface area contributed by atoms with E-state index in [2.05, 4.69) is 29.5 Å². The molecule has 7 heteroatoms. The monoisotopic (exact) mass is 336 g/mol. The van der Waals surface area contributed by atoms with Crippen LogP contribution >= 0.6 is 0 Å². The van der Waals surface area contributed by atoms with Crippen molar-refractivity contribution in [2.45, 2.75) is 76.7 Å². The molecule has 24 heavy (non-hydrogen) atoms. The van der Waals surface area contributed by atoms with E-state index in [-0.39, 0.29) is 36.7 Å². The molecule has 2 fully saturated rings. The highest BCUT2D eigenvalue weighted by Crippen LogP contribution is 2.30. The SMILES string of the molecule is CC(C)c1cn(CC[C@@H]2CC[C@@H](NC(=O)C3CC3)[C@H](CO)O2)nn1. The number of aliphatic hydroxyl groups excluding tert-OH is 1. The molecule has 2 heterocycles. The number of rotatable bonds is 7. The van der Waals surface area contributed by atoms with Crippen molar-refractivity contribution in [3.05, 3.63) is 11.9 Å². The molecule has 1 saturated heterocycles. The third-order valence-corrected chi connectivity index (χ3v) is 4.90. The van der Waals surface area contributed by atoms with Crippen molar-refractivity contribution >= 4 is 5.91 Å². The normalized spacial score (nSPS) is 27.4. The summed E-state index contributed by atoms with van der Waals surface area (Å²) in [5.74, 6) is 0.674. The largest absolute Gasteiger partial charge is 0.394 e. The number of amides is 1. The smallest absolute Gasteiger partial charge is 0.223 e. The second-order valence-corrected chi connectivity index (χ2v) is 7.30. The van der Waals surface area contributed by atoms with Crippen molar-refractivity contribution in [3.8, 4) is 0 Å². The Morgan fingerprint density at radius 1 is 1.42 bits per heavy atom. The Kier molecular flexibility index (Phi) is 5.50. The summed E-state index contributed by atoms with van der Waals surface area (Å²) >= 11 is 0. The topological polar surface area (TPSA) is 89.3 Å². The summed E-state index contributed by atoms with van der Waals surface area (Å²) in [5, 5.41) is 20.9. The lowest BCUT2D eigenvalue weighted by Gasteiger charge is -2.36. The Morgan fingerprint density at radius 3 is 2.83 bits per heavy atom. The van der Waals surface area contributed by atoms with E-state index in [4.69, 9.17) is 4.74 Å². The van der Waals surface area contributed by atoms with Gasteiger partial charge in [0.15, 0.2) is 0 Å². The predicted octanol–water partition coefficient (Wildman–Crippen LogP) is 1.23. The van der Waals surface area contributed by atoms with E-state index >= 15 is 0 Å². The molecule has 7 nitrogen and oxygen atoms in total. The van der Waals surface area contributed by atoms with Gasteiger partial charge in [0.25, 0.3) is 0 Å². The molecule has 1 aliphatic carbocycles. The Labute approximate surface area is 142 Å². The number of hydrogen-bond donors (Lipinski definition) is 2. The summed E-state index contributed by atoms with van der Waals surface area (Å²) < 4.78 is 7.85. The standard InChI is InChI=1S/C17H28N4O3/c1-11(2)15-9-21(20-19-15)8-7-13-5-6-14(16(10-22)24-13)18-17(23)12-3-4-12/h9,11-14,16,22H,3-8,10H2,1-2H3,(H,18,23)/t13-,14+,16-/m0/s1. The van der Waals surface area contributed by atoms with Crippen LogP contribution in [-0.4, -0.2) is 50.9 Å². The summed E-state index contributed by atoms with van der Waals surface area (Å²) in [6.07, 6.45) is 6.30. The highest BCUT2D eigenvalue weighted by Gasteiger charge is 2.36. The van der Waals surface area contributed by atoms with Crippen LogP contribution < -0.4 is 5.32 Å². The maximum atomic E-state index is 11.9. The maximum absolute atomic E-state index is 11.9. The van der Waals surface area contributed by atoms with Crippen LogP contribution in [0.25, 0.3) is 0 Å². The lowest BCUT2D eigenvalue weighted by atomic mass is 9.97. The molecule has 1 saturated carbocycles. The maximum Gasteiger partial charge on any atom is 0.223 e. The molecular weight excluding hydrogens is 308 g/mol. The molecule has 1 aliphatic heterocycles. The first kappa shape index (κ1) is 17.4. The van der Waals surface area contributed by atoms with E-state index in [1.54, 1.807) is 0 Å². The van der Waals surface area contributed by atoms with Gasteiger partial charge in [-0.05, 0) is 38.0 Å². The Hall–Kier alpha value is -1.47. The molecule has 0 bridgehead atoms. The average molecular weight is 336 g/mol. The second kappa shape index (κ2) is 7.61. The van der Waals surface area contributed by atoms with E-state index in [0.29, 0.717) is 5.92 Å². The molecule has 0 aromatic carbocycles. The first-order chi connectivity index (χ1) is 11.6. The minimum absolute atomic E-state index is 0.0626. The fourth-order valence-electron chi connectivity index (χ4n) is 3.12. The summed E-state index contributed by atoms with van der Waals surface area (Å²) in [4.78, 5) is 11.9. The molecule has 0 unspecified atom stereocenters. The minimum atomic E-state index is -0.312. The van der Waals surface area contributed by atoms with E-state index in [1.807, 2.05) is 10.9 Å². The van der Waals surface area contributed by atoms with Gasteiger partial charge in [-0.1, -0.05) is 19.1 Å². The number of aryl methyl sites for hydroxylation is 1. The van der Waals surface area contributed by atoms with Crippen molar-refractivity contribution in [2.24, 2.45) is 5.92 Å². The molecule has 1 aromatic rings. The van der Waals surface area contributed by atoms with Gasteiger partial charge in [-0.3, -0.25) is 9.48 Å². The lowest BCUT2D eigenvalue weighted by molar-refractivity contribution is -0.129. The van der Waals surface area contributed by atoms with E-state index in [9.17, 15) is 9.90 Å². The van der Waals surface area contributed by atoms with Gasteiger partial charge in [0, 0.05) is 18.7 Å². The van der Waals surface area contributed by atoms with Crippen LogP contribution in [0.2, 0.25) is 0 Å². The number of ether oxygens (including phenoxy) is 1. The van der Waals surface area contributed by atoms with Crippen molar-refractivity contribution in [3.63, 3.8) is 0 Å². The van der Waals surface area contributed by atoms with Crippen LogP contribution in [0, 0.1) is 5.92 Å².